The van der Waals surface area contributed by atoms with E-state index in [2.05, 4.69) is 14.9 Å². The predicted octanol–water partition coefficient (Wildman–Crippen LogP) is 4.30. The molecule has 1 N–H and O–H groups in total. The zero-order chi connectivity index (χ0) is 18.7. The Morgan fingerprint density at radius 1 is 1.23 bits per heavy atom. The molecule has 0 aliphatic carbocycles. The van der Waals surface area contributed by atoms with Crippen LogP contribution in [-0.4, -0.2) is 21.2 Å². The number of thioether (sulfide) groups is 1. The molecule has 0 bridgehead atoms. The van der Waals surface area contributed by atoms with Crippen molar-refractivity contribution in [2.24, 2.45) is 0 Å². The summed E-state index contributed by atoms with van der Waals surface area (Å²) in [6, 6.07) is 11.0. The van der Waals surface area contributed by atoms with Crippen molar-refractivity contribution in [3.63, 3.8) is 0 Å². The molecule has 0 radical (unpaired) electrons. The van der Waals surface area contributed by atoms with Crippen LogP contribution >= 0.6 is 11.8 Å². The van der Waals surface area contributed by atoms with Gasteiger partial charge in [-0.15, -0.1) is 0 Å². The first-order chi connectivity index (χ1) is 12.5. The highest BCUT2D eigenvalue weighted by Gasteiger charge is 2.15. The van der Waals surface area contributed by atoms with Crippen molar-refractivity contribution in [2.75, 3.05) is 5.75 Å². The molecule has 0 aliphatic heterocycles. The Balaban J connectivity index is 1.64. The quantitative estimate of drug-likeness (QED) is 0.654. The van der Waals surface area contributed by atoms with E-state index in [0.29, 0.717) is 5.56 Å². The summed E-state index contributed by atoms with van der Waals surface area (Å²) in [4.78, 5) is 16.8. The Labute approximate surface area is 154 Å². The van der Waals surface area contributed by atoms with Crippen LogP contribution in [0.25, 0.3) is 11.0 Å². The van der Waals surface area contributed by atoms with Crippen molar-refractivity contribution in [3.05, 3.63) is 59.7 Å². The van der Waals surface area contributed by atoms with Gasteiger partial charge < -0.3 is 9.88 Å². The first-order valence-electron chi connectivity index (χ1n) is 8.32. The molecule has 0 saturated carbocycles. The number of hydrogen-bond acceptors (Lipinski definition) is 3. The normalized spacial score (nSPS) is 12.3. The van der Waals surface area contributed by atoms with Gasteiger partial charge in [-0.2, -0.15) is 0 Å². The molecular formula is C19H19F2N3OS. The molecule has 0 saturated heterocycles. The summed E-state index contributed by atoms with van der Waals surface area (Å²) in [6.45, 7) is 4.52. The number of hydrogen-bond donors (Lipinski definition) is 1. The van der Waals surface area contributed by atoms with Gasteiger partial charge in [-0.1, -0.05) is 30.0 Å². The number of aryl methyl sites for hydroxylation is 1. The van der Waals surface area contributed by atoms with Gasteiger partial charge in [-0.25, -0.2) is 13.8 Å². The lowest BCUT2D eigenvalue weighted by Gasteiger charge is -2.14. The van der Waals surface area contributed by atoms with Crippen LogP contribution in [0, 0.1) is 11.6 Å². The van der Waals surface area contributed by atoms with Crippen LogP contribution < -0.4 is 5.32 Å². The number of carbonyl (C=O) groups is 1. The van der Waals surface area contributed by atoms with Crippen molar-refractivity contribution in [2.45, 2.75) is 31.6 Å². The molecule has 0 aliphatic rings. The smallest absolute Gasteiger partial charge is 0.230 e. The van der Waals surface area contributed by atoms with Crippen LogP contribution in [0.15, 0.2) is 47.6 Å². The van der Waals surface area contributed by atoms with E-state index in [4.69, 9.17) is 0 Å². The van der Waals surface area contributed by atoms with Gasteiger partial charge in [0.2, 0.25) is 5.91 Å². The molecule has 3 aromatic rings. The van der Waals surface area contributed by atoms with Crippen LogP contribution in [0.5, 0.6) is 0 Å². The Bertz CT molecular complexity index is 942. The molecule has 26 heavy (non-hydrogen) atoms. The molecule has 0 spiro atoms. The molecule has 3 rings (SSSR count). The highest BCUT2D eigenvalue weighted by molar-refractivity contribution is 7.99. The van der Waals surface area contributed by atoms with Crippen LogP contribution in [-0.2, 0) is 11.3 Å². The maximum Gasteiger partial charge on any atom is 0.230 e. The van der Waals surface area contributed by atoms with Gasteiger partial charge in [0, 0.05) is 6.54 Å². The number of nitrogens with one attached hydrogen (secondary N) is 1. The van der Waals surface area contributed by atoms with E-state index in [1.807, 2.05) is 31.2 Å². The summed E-state index contributed by atoms with van der Waals surface area (Å²) in [5, 5.41) is 3.58. The third-order valence-electron chi connectivity index (χ3n) is 4.09. The SMILES string of the molecule is CCn1c(SCC(=O)NC(C)c2ccc(F)c(F)c2)nc2ccccc21. The van der Waals surface area contributed by atoms with Gasteiger partial charge in [0.05, 0.1) is 22.8 Å². The number of imidazole rings is 1. The fraction of sp³-hybridized carbons (Fsp3) is 0.263. The molecular weight excluding hydrogens is 356 g/mol. The molecule has 2 aromatic carbocycles. The maximum absolute atomic E-state index is 13.3. The molecule has 1 unspecified atom stereocenters. The second kappa shape index (κ2) is 7.86. The monoisotopic (exact) mass is 375 g/mol. The topological polar surface area (TPSA) is 46.9 Å². The Morgan fingerprint density at radius 3 is 2.73 bits per heavy atom. The van der Waals surface area contributed by atoms with E-state index in [9.17, 15) is 13.6 Å². The first-order valence-corrected chi connectivity index (χ1v) is 9.30. The van der Waals surface area contributed by atoms with Crippen LogP contribution in [0.4, 0.5) is 8.78 Å². The van der Waals surface area contributed by atoms with Gasteiger partial charge in [0.25, 0.3) is 0 Å². The van der Waals surface area contributed by atoms with Crippen molar-refractivity contribution in [1.29, 1.82) is 0 Å². The lowest BCUT2D eigenvalue weighted by atomic mass is 10.1. The standard InChI is InChI=1S/C19H19F2N3OS/c1-3-24-17-7-5-4-6-16(17)23-19(24)26-11-18(25)22-12(2)13-8-9-14(20)15(21)10-13/h4-10,12H,3,11H2,1-2H3,(H,22,25). The maximum atomic E-state index is 13.3. The molecule has 7 heteroatoms. The summed E-state index contributed by atoms with van der Waals surface area (Å²) in [6.07, 6.45) is 0. The van der Waals surface area contributed by atoms with Crippen LogP contribution in [0.2, 0.25) is 0 Å². The molecule has 4 nitrogen and oxygen atoms in total. The molecule has 1 amide bonds. The number of carbonyl (C=O) groups excluding carboxylic acids is 1. The second-order valence-electron chi connectivity index (χ2n) is 5.88. The van der Waals surface area contributed by atoms with Gasteiger partial charge in [0.1, 0.15) is 0 Å². The minimum absolute atomic E-state index is 0.192. The highest BCUT2D eigenvalue weighted by Crippen LogP contribution is 2.24. The third kappa shape index (κ3) is 3.88. The number of para-hydroxylation sites is 2. The number of fused-ring (bicyclic) bond motifs is 1. The van der Waals surface area contributed by atoms with Crippen LogP contribution in [0.3, 0.4) is 0 Å². The van der Waals surface area contributed by atoms with Gasteiger partial charge in [-0.3, -0.25) is 4.79 Å². The summed E-state index contributed by atoms with van der Waals surface area (Å²) in [5.41, 5.74) is 2.45. The van der Waals surface area contributed by atoms with Gasteiger partial charge in [-0.05, 0) is 43.7 Å². The summed E-state index contributed by atoms with van der Waals surface area (Å²) < 4.78 is 28.4. The fourth-order valence-electron chi connectivity index (χ4n) is 2.75. The van der Waals surface area contributed by atoms with Crippen LogP contribution in [0.1, 0.15) is 25.5 Å². The zero-order valence-electron chi connectivity index (χ0n) is 14.5. The lowest BCUT2D eigenvalue weighted by Crippen LogP contribution is -2.28. The number of aromatic nitrogens is 2. The zero-order valence-corrected chi connectivity index (χ0v) is 15.3. The number of nitrogens with zero attached hydrogens (tertiary/aromatic N) is 2. The molecule has 136 valence electrons. The third-order valence-corrected chi connectivity index (χ3v) is 5.07. The number of benzene rings is 2. The number of rotatable bonds is 6. The van der Waals surface area contributed by atoms with Crippen molar-refractivity contribution >= 4 is 28.7 Å². The van der Waals surface area contributed by atoms with E-state index in [1.54, 1.807) is 6.92 Å². The molecule has 1 heterocycles. The predicted molar refractivity (Wildman–Crippen MR) is 99.0 cm³/mol. The van der Waals surface area contributed by atoms with Gasteiger partial charge >= 0.3 is 0 Å². The largest absolute Gasteiger partial charge is 0.349 e. The molecule has 1 atom stereocenters. The van der Waals surface area contributed by atoms with E-state index >= 15 is 0 Å². The highest BCUT2D eigenvalue weighted by atomic mass is 32.2. The number of halogens is 2. The van der Waals surface area contributed by atoms with Crippen molar-refractivity contribution in [1.82, 2.24) is 14.9 Å². The Hall–Kier alpha value is -2.41. The van der Waals surface area contributed by atoms with E-state index in [-0.39, 0.29) is 11.7 Å². The van der Waals surface area contributed by atoms with E-state index in [1.165, 1.54) is 17.8 Å². The Kier molecular flexibility index (Phi) is 5.56. The number of amides is 1. The van der Waals surface area contributed by atoms with Gasteiger partial charge in [0.15, 0.2) is 16.8 Å². The van der Waals surface area contributed by atoms with E-state index < -0.39 is 17.7 Å². The Morgan fingerprint density at radius 2 is 2.00 bits per heavy atom. The summed E-state index contributed by atoms with van der Waals surface area (Å²) in [5.74, 6) is -1.82. The average molecular weight is 375 g/mol. The summed E-state index contributed by atoms with van der Waals surface area (Å²) >= 11 is 1.35. The minimum atomic E-state index is -0.922. The van der Waals surface area contributed by atoms with Crippen molar-refractivity contribution < 1.29 is 13.6 Å². The second-order valence-corrected chi connectivity index (χ2v) is 6.82. The van der Waals surface area contributed by atoms with Crippen molar-refractivity contribution in [3.8, 4) is 0 Å². The van der Waals surface area contributed by atoms with E-state index in [0.717, 1.165) is 34.9 Å². The molecule has 1 aromatic heterocycles. The summed E-state index contributed by atoms with van der Waals surface area (Å²) in [7, 11) is 0. The average Bonchev–Trinajstić information content (AvgIpc) is 2.99. The fourth-order valence-corrected chi connectivity index (χ4v) is 3.64. The first kappa shape index (κ1) is 18.4. The lowest BCUT2D eigenvalue weighted by molar-refractivity contribution is -0.119. The molecule has 0 fully saturated rings. The minimum Gasteiger partial charge on any atom is -0.349 e.